The molecular formula is C15H20Cl3N. The average molecular weight is 321 g/mol. The van der Waals surface area contributed by atoms with Gasteiger partial charge in [-0.2, -0.15) is 0 Å². The van der Waals surface area contributed by atoms with Crippen molar-refractivity contribution >= 4 is 34.8 Å². The minimum absolute atomic E-state index is 0.0553. The molecule has 0 spiro atoms. The minimum atomic E-state index is 0.0553. The van der Waals surface area contributed by atoms with E-state index in [1.54, 1.807) is 0 Å². The third-order valence-corrected chi connectivity index (χ3v) is 5.26. The molecule has 1 aromatic rings. The number of hydrogen-bond donors (Lipinski definition) is 1. The Kier molecular flexibility index (Phi) is 5.42. The molecule has 0 aliphatic heterocycles. The summed E-state index contributed by atoms with van der Waals surface area (Å²) in [7, 11) is 0. The van der Waals surface area contributed by atoms with Crippen LogP contribution in [0.15, 0.2) is 18.2 Å². The molecular weight excluding hydrogens is 301 g/mol. The molecule has 0 radical (unpaired) electrons. The Morgan fingerprint density at radius 3 is 2.58 bits per heavy atom. The second-order valence-electron chi connectivity index (χ2n) is 5.69. The summed E-state index contributed by atoms with van der Waals surface area (Å²) in [6.45, 7) is 3.03. The van der Waals surface area contributed by atoms with Gasteiger partial charge in [0.2, 0.25) is 0 Å². The fraction of sp³-hybridized carbons (Fsp3) is 0.600. The molecule has 4 heteroatoms. The van der Waals surface area contributed by atoms with Crippen LogP contribution in [-0.4, -0.2) is 11.4 Å². The highest BCUT2D eigenvalue weighted by Gasteiger charge is 2.32. The van der Waals surface area contributed by atoms with Gasteiger partial charge in [0.05, 0.1) is 0 Å². The maximum Gasteiger partial charge on any atom is 0.0451 e. The number of benzene rings is 1. The van der Waals surface area contributed by atoms with E-state index >= 15 is 0 Å². The zero-order valence-corrected chi connectivity index (χ0v) is 13.5. The van der Waals surface area contributed by atoms with Gasteiger partial charge >= 0.3 is 0 Å². The summed E-state index contributed by atoms with van der Waals surface area (Å²) >= 11 is 18.4. The predicted octanol–water partition coefficient (Wildman–Crippen LogP) is 5.27. The summed E-state index contributed by atoms with van der Waals surface area (Å²) in [5.41, 5.74) is 1.09. The monoisotopic (exact) mass is 319 g/mol. The minimum Gasteiger partial charge on any atom is -0.306 e. The van der Waals surface area contributed by atoms with Gasteiger partial charge in [-0.05, 0) is 55.4 Å². The topological polar surface area (TPSA) is 12.0 Å². The van der Waals surface area contributed by atoms with Crippen molar-refractivity contribution in [2.45, 2.75) is 44.7 Å². The molecule has 0 amide bonds. The van der Waals surface area contributed by atoms with Crippen LogP contribution < -0.4 is 5.32 Å². The first kappa shape index (κ1) is 15.4. The Morgan fingerprint density at radius 2 is 1.95 bits per heavy atom. The highest BCUT2D eigenvalue weighted by molar-refractivity contribution is 6.33. The van der Waals surface area contributed by atoms with Crippen molar-refractivity contribution in [3.05, 3.63) is 33.8 Å². The molecule has 0 heterocycles. The van der Waals surface area contributed by atoms with Gasteiger partial charge in [0.25, 0.3) is 0 Å². The lowest BCUT2D eigenvalue weighted by atomic mass is 9.78. The third kappa shape index (κ3) is 4.01. The van der Waals surface area contributed by atoms with Gasteiger partial charge in [-0.15, -0.1) is 11.6 Å². The van der Waals surface area contributed by atoms with Crippen molar-refractivity contribution < 1.29 is 0 Å². The number of hydrogen-bond acceptors (Lipinski definition) is 1. The van der Waals surface area contributed by atoms with Gasteiger partial charge < -0.3 is 5.32 Å². The molecule has 19 heavy (non-hydrogen) atoms. The summed E-state index contributed by atoms with van der Waals surface area (Å²) in [6.07, 6.45) is 4.75. The fourth-order valence-corrected chi connectivity index (χ4v) is 3.37. The summed E-state index contributed by atoms with van der Waals surface area (Å²) < 4.78 is 0. The molecule has 0 unspecified atom stereocenters. The average Bonchev–Trinajstić information content (AvgIpc) is 2.42. The molecule has 0 bridgehead atoms. The van der Waals surface area contributed by atoms with Crippen LogP contribution in [0.3, 0.4) is 0 Å². The van der Waals surface area contributed by atoms with E-state index in [1.165, 1.54) is 12.8 Å². The normalized spacial score (nSPS) is 27.5. The number of rotatable bonds is 4. The van der Waals surface area contributed by atoms with Gasteiger partial charge in [-0.1, -0.05) is 30.1 Å². The molecule has 106 valence electrons. The lowest BCUT2D eigenvalue weighted by Gasteiger charge is -2.39. The first-order valence-electron chi connectivity index (χ1n) is 6.79. The predicted molar refractivity (Wildman–Crippen MR) is 84.4 cm³/mol. The molecule has 1 nitrogen and oxygen atoms in total. The standard InChI is InChI=1S/C15H20Cl3N/c1-11-4-6-15(10-16,7-5-11)19-9-12-8-13(17)2-3-14(12)18/h2-3,8,11,19H,4-7,9-10H2,1H3. The maximum atomic E-state index is 6.20. The highest BCUT2D eigenvalue weighted by Crippen LogP contribution is 2.33. The van der Waals surface area contributed by atoms with Crippen LogP contribution in [0.25, 0.3) is 0 Å². The van der Waals surface area contributed by atoms with Gasteiger partial charge in [0.15, 0.2) is 0 Å². The van der Waals surface area contributed by atoms with Gasteiger partial charge in [0.1, 0.15) is 0 Å². The van der Waals surface area contributed by atoms with E-state index in [9.17, 15) is 0 Å². The SMILES string of the molecule is CC1CCC(CCl)(NCc2cc(Cl)ccc2Cl)CC1. The molecule has 1 N–H and O–H groups in total. The summed E-state index contributed by atoms with van der Waals surface area (Å²) in [4.78, 5) is 0. The van der Waals surface area contributed by atoms with Crippen LogP contribution in [0, 0.1) is 5.92 Å². The smallest absolute Gasteiger partial charge is 0.0451 e. The molecule has 1 saturated carbocycles. The van der Waals surface area contributed by atoms with E-state index in [0.29, 0.717) is 5.88 Å². The van der Waals surface area contributed by atoms with E-state index in [2.05, 4.69) is 12.2 Å². The van der Waals surface area contributed by atoms with E-state index in [0.717, 1.165) is 40.9 Å². The van der Waals surface area contributed by atoms with Crippen LogP contribution in [0.2, 0.25) is 10.0 Å². The van der Waals surface area contributed by atoms with E-state index in [4.69, 9.17) is 34.8 Å². The highest BCUT2D eigenvalue weighted by atomic mass is 35.5. The summed E-state index contributed by atoms with van der Waals surface area (Å²) in [5.74, 6) is 1.46. The molecule has 1 aliphatic carbocycles. The number of alkyl halides is 1. The first-order chi connectivity index (χ1) is 9.04. The second-order valence-corrected chi connectivity index (χ2v) is 6.80. The fourth-order valence-electron chi connectivity index (χ4n) is 2.63. The summed E-state index contributed by atoms with van der Waals surface area (Å²) in [6, 6.07) is 5.58. The Labute approximate surface area is 130 Å². The van der Waals surface area contributed by atoms with E-state index in [1.807, 2.05) is 18.2 Å². The first-order valence-corrected chi connectivity index (χ1v) is 8.09. The maximum absolute atomic E-state index is 6.20. The zero-order valence-electron chi connectivity index (χ0n) is 11.2. The van der Waals surface area contributed by atoms with Crippen LogP contribution in [0.1, 0.15) is 38.2 Å². The Morgan fingerprint density at radius 1 is 1.26 bits per heavy atom. The van der Waals surface area contributed by atoms with Crippen LogP contribution in [0.5, 0.6) is 0 Å². The molecule has 0 atom stereocenters. The molecule has 1 fully saturated rings. The van der Waals surface area contributed by atoms with Crippen molar-refractivity contribution in [1.82, 2.24) is 5.32 Å². The number of nitrogens with one attached hydrogen (secondary N) is 1. The number of halogens is 3. The molecule has 1 aromatic carbocycles. The van der Waals surface area contributed by atoms with Crippen molar-refractivity contribution in [1.29, 1.82) is 0 Å². The second kappa shape index (κ2) is 6.67. The molecule has 1 aliphatic rings. The van der Waals surface area contributed by atoms with Gasteiger partial charge in [-0.3, -0.25) is 0 Å². The molecule has 0 aromatic heterocycles. The Hall–Kier alpha value is 0.0500. The lowest BCUT2D eigenvalue weighted by Crippen LogP contribution is -2.49. The van der Waals surface area contributed by atoms with Crippen molar-refractivity contribution in [2.24, 2.45) is 5.92 Å². The van der Waals surface area contributed by atoms with Crippen molar-refractivity contribution in [2.75, 3.05) is 5.88 Å². The third-order valence-electron chi connectivity index (χ3n) is 4.15. The van der Waals surface area contributed by atoms with Crippen molar-refractivity contribution in [3.8, 4) is 0 Å². The molecule has 0 saturated heterocycles. The van der Waals surface area contributed by atoms with Crippen molar-refractivity contribution in [3.63, 3.8) is 0 Å². The Bertz CT molecular complexity index is 425. The zero-order chi connectivity index (χ0) is 13.9. The summed E-state index contributed by atoms with van der Waals surface area (Å²) in [5, 5.41) is 5.09. The van der Waals surface area contributed by atoms with Crippen LogP contribution in [-0.2, 0) is 6.54 Å². The van der Waals surface area contributed by atoms with Crippen LogP contribution in [0.4, 0.5) is 0 Å². The molecule has 2 rings (SSSR count). The quantitative estimate of drug-likeness (QED) is 0.745. The van der Waals surface area contributed by atoms with Crippen LogP contribution >= 0.6 is 34.8 Å². The largest absolute Gasteiger partial charge is 0.306 e. The van der Waals surface area contributed by atoms with Gasteiger partial charge in [0, 0.05) is 28.0 Å². The van der Waals surface area contributed by atoms with Gasteiger partial charge in [-0.25, -0.2) is 0 Å². The lowest BCUT2D eigenvalue weighted by molar-refractivity contribution is 0.216. The van der Waals surface area contributed by atoms with E-state index in [-0.39, 0.29) is 5.54 Å². The van der Waals surface area contributed by atoms with E-state index < -0.39 is 0 Å². The Balaban J connectivity index is 2.01.